The maximum atomic E-state index is 13.0. The Bertz CT molecular complexity index is 1060. The van der Waals surface area contributed by atoms with Gasteiger partial charge in [0.2, 0.25) is 0 Å². The second-order valence-electron chi connectivity index (χ2n) is 7.44. The van der Waals surface area contributed by atoms with Gasteiger partial charge in [-0.3, -0.25) is 4.98 Å². The summed E-state index contributed by atoms with van der Waals surface area (Å²) >= 11 is 1.47. The van der Waals surface area contributed by atoms with Crippen LogP contribution in [0.1, 0.15) is 40.9 Å². The maximum absolute atomic E-state index is 13.0. The van der Waals surface area contributed by atoms with Crippen molar-refractivity contribution in [3.05, 3.63) is 64.6 Å². The number of aromatic carboxylic acids is 1. The van der Waals surface area contributed by atoms with E-state index >= 15 is 0 Å². The van der Waals surface area contributed by atoms with Crippen LogP contribution in [0.2, 0.25) is 0 Å². The van der Waals surface area contributed by atoms with E-state index in [1.165, 1.54) is 23.5 Å². The third-order valence-electron chi connectivity index (χ3n) is 5.25. The van der Waals surface area contributed by atoms with Gasteiger partial charge in [-0.1, -0.05) is 6.07 Å². The van der Waals surface area contributed by atoms with Crippen LogP contribution in [0.25, 0.3) is 0 Å². The van der Waals surface area contributed by atoms with E-state index in [9.17, 15) is 18.7 Å². The Morgan fingerprint density at radius 1 is 1.16 bits per heavy atom. The number of thiazole rings is 1. The number of anilines is 2. The monoisotopic (exact) mass is 460 g/mol. The van der Waals surface area contributed by atoms with Gasteiger partial charge in [-0.05, 0) is 56.0 Å². The topological polar surface area (TPSA) is 71.9 Å². The van der Waals surface area contributed by atoms with Crippen LogP contribution in [0.4, 0.5) is 20.2 Å². The van der Waals surface area contributed by atoms with E-state index in [1.54, 1.807) is 42.0 Å². The Labute approximate surface area is 188 Å². The smallest absolute Gasteiger partial charge is 0.387 e. The van der Waals surface area contributed by atoms with Crippen LogP contribution in [0.5, 0.6) is 11.5 Å². The van der Waals surface area contributed by atoms with Crippen molar-refractivity contribution >= 4 is 28.7 Å². The number of carboxylic acids is 1. The molecule has 1 N–H and O–H groups in total. The molecule has 1 saturated carbocycles. The molecular formula is C23H22F2N2O4S. The molecule has 168 valence electrons. The van der Waals surface area contributed by atoms with Crippen molar-refractivity contribution in [3.63, 3.8) is 0 Å². The van der Waals surface area contributed by atoms with E-state index in [0.717, 1.165) is 30.6 Å². The van der Waals surface area contributed by atoms with Crippen LogP contribution >= 0.6 is 11.3 Å². The predicted molar refractivity (Wildman–Crippen MR) is 117 cm³/mol. The molecule has 0 saturated heterocycles. The van der Waals surface area contributed by atoms with Crippen molar-refractivity contribution in [2.75, 3.05) is 4.90 Å². The van der Waals surface area contributed by atoms with Crippen molar-refractivity contribution in [1.29, 1.82) is 0 Å². The molecule has 4 rings (SSSR count). The second-order valence-corrected chi connectivity index (χ2v) is 8.41. The van der Waals surface area contributed by atoms with E-state index in [-0.39, 0.29) is 23.2 Å². The fraction of sp³-hybridized carbons (Fsp3) is 0.304. The lowest BCUT2D eigenvalue weighted by Crippen LogP contribution is -2.18. The number of benzene rings is 2. The summed E-state index contributed by atoms with van der Waals surface area (Å²) in [6.45, 7) is -2.54. The van der Waals surface area contributed by atoms with Crippen molar-refractivity contribution in [2.45, 2.75) is 44.9 Å². The van der Waals surface area contributed by atoms with Gasteiger partial charge in [0.25, 0.3) is 0 Å². The third-order valence-corrected chi connectivity index (χ3v) is 6.02. The molecule has 1 aliphatic carbocycles. The molecule has 9 heteroatoms. The average Bonchev–Trinajstić information content (AvgIpc) is 3.47. The molecule has 0 aliphatic heterocycles. The molecule has 1 heterocycles. The van der Waals surface area contributed by atoms with Crippen LogP contribution in [0.3, 0.4) is 0 Å². The normalized spacial score (nSPS) is 14.0. The lowest BCUT2D eigenvalue weighted by Gasteiger charge is -2.26. The molecule has 6 nitrogen and oxygen atoms in total. The minimum Gasteiger partial charge on any atom is -0.486 e. The van der Waals surface area contributed by atoms with E-state index < -0.39 is 12.6 Å². The highest BCUT2D eigenvalue weighted by atomic mass is 32.1. The molecule has 32 heavy (non-hydrogen) atoms. The lowest BCUT2D eigenvalue weighted by atomic mass is 10.1. The van der Waals surface area contributed by atoms with Crippen LogP contribution in [0.15, 0.2) is 54.2 Å². The van der Waals surface area contributed by atoms with Crippen molar-refractivity contribution in [3.8, 4) is 11.5 Å². The number of nitrogens with zero attached hydrogens (tertiary/aromatic N) is 2. The molecule has 0 unspecified atom stereocenters. The number of carbonyl (C=O) groups is 1. The van der Waals surface area contributed by atoms with E-state index in [2.05, 4.69) is 4.98 Å². The zero-order valence-electron chi connectivity index (χ0n) is 17.1. The first kappa shape index (κ1) is 22.0. The van der Waals surface area contributed by atoms with Crippen LogP contribution < -0.4 is 14.4 Å². The Morgan fingerprint density at radius 3 is 2.62 bits per heavy atom. The summed E-state index contributed by atoms with van der Waals surface area (Å²) in [5, 5.41) is 9.41. The highest BCUT2D eigenvalue weighted by Crippen LogP contribution is 2.39. The summed E-state index contributed by atoms with van der Waals surface area (Å²) in [4.78, 5) is 18.5. The average molecular weight is 461 g/mol. The van der Waals surface area contributed by atoms with Crippen molar-refractivity contribution < 1.29 is 28.2 Å². The lowest BCUT2D eigenvalue weighted by molar-refractivity contribution is -0.0520. The Morgan fingerprint density at radius 2 is 1.94 bits per heavy atom. The first-order chi connectivity index (χ1) is 15.5. The third kappa shape index (κ3) is 5.34. The van der Waals surface area contributed by atoms with Gasteiger partial charge in [0, 0.05) is 28.5 Å². The van der Waals surface area contributed by atoms with Crippen LogP contribution in [-0.2, 0) is 6.54 Å². The Balaban J connectivity index is 1.73. The summed E-state index contributed by atoms with van der Waals surface area (Å²) in [6.07, 6.45) is 5.50. The molecule has 3 aromatic rings. The number of hydrogen-bond acceptors (Lipinski definition) is 6. The molecule has 0 spiro atoms. The minimum absolute atomic E-state index is 0.0207. The van der Waals surface area contributed by atoms with Crippen molar-refractivity contribution in [2.24, 2.45) is 0 Å². The standard InChI is InChI=1S/C23H22F2N2O4S/c24-23(25)31-20-9-8-17(11-21(20)30-18-6-1-2-7-18)27(13-19-12-26-14-32-19)16-5-3-4-15(10-16)22(28)29/h3-5,8-12,14,18,23H,1-2,6-7,13H2,(H,28,29). The Kier molecular flexibility index (Phi) is 6.84. The number of halogens is 2. The summed E-state index contributed by atoms with van der Waals surface area (Å²) < 4.78 is 36.7. The quantitative estimate of drug-likeness (QED) is 0.416. The van der Waals surface area contributed by atoms with Gasteiger partial charge in [0.15, 0.2) is 11.5 Å². The maximum Gasteiger partial charge on any atom is 0.387 e. The largest absolute Gasteiger partial charge is 0.486 e. The van der Waals surface area contributed by atoms with E-state index in [4.69, 9.17) is 9.47 Å². The summed E-state index contributed by atoms with van der Waals surface area (Å²) in [6, 6.07) is 11.4. The number of carboxylic acid groups (broad SMARTS) is 1. The molecule has 0 amide bonds. The number of rotatable bonds is 9. The molecule has 0 bridgehead atoms. The summed E-state index contributed by atoms with van der Waals surface area (Å²) in [5.74, 6) is -0.804. The predicted octanol–water partition coefficient (Wildman–Crippen LogP) is 6.10. The second kappa shape index (κ2) is 9.95. The number of ether oxygens (including phenoxy) is 2. The molecule has 0 radical (unpaired) electrons. The number of aromatic nitrogens is 1. The molecule has 1 fully saturated rings. The van der Waals surface area contributed by atoms with E-state index in [0.29, 0.717) is 17.9 Å². The van der Waals surface area contributed by atoms with Gasteiger partial charge >= 0.3 is 12.6 Å². The first-order valence-electron chi connectivity index (χ1n) is 10.2. The zero-order valence-corrected chi connectivity index (χ0v) is 17.9. The minimum atomic E-state index is -2.97. The first-order valence-corrected chi connectivity index (χ1v) is 11.1. The summed E-state index contributed by atoms with van der Waals surface area (Å²) in [5.41, 5.74) is 3.18. The molecule has 1 aromatic heterocycles. The van der Waals surface area contributed by atoms with Gasteiger partial charge in [-0.25, -0.2) is 4.79 Å². The fourth-order valence-corrected chi connectivity index (χ4v) is 4.33. The molecule has 1 aliphatic rings. The van der Waals surface area contributed by atoms with Crippen LogP contribution in [-0.4, -0.2) is 28.8 Å². The molecule has 0 atom stereocenters. The molecule has 2 aromatic carbocycles. The fourth-order valence-electron chi connectivity index (χ4n) is 3.75. The van der Waals surface area contributed by atoms with Gasteiger partial charge in [0.1, 0.15) is 0 Å². The molecular weight excluding hydrogens is 438 g/mol. The van der Waals surface area contributed by atoms with Crippen LogP contribution in [0, 0.1) is 0 Å². The highest BCUT2D eigenvalue weighted by Gasteiger charge is 2.22. The Hall–Kier alpha value is -3.20. The van der Waals surface area contributed by atoms with Gasteiger partial charge in [0.05, 0.1) is 23.7 Å². The van der Waals surface area contributed by atoms with Gasteiger partial charge in [-0.15, -0.1) is 11.3 Å². The zero-order chi connectivity index (χ0) is 22.5. The summed E-state index contributed by atoms with van der Waals surface area (Å²) in [7, 11) is 0. The van der Waals surface area contributed by atoms with Gasteiger partial charge in [-0.2, -0.15) is 8.78 Å². The number of alkyl halides is 2. The SMILES string of the molecule is O=C(O)c1cccc(N(Cc2cncs2)c2ccc(OC(F)F)c(OC3CCCC3)c2)c1. The van der Waals surface area contributed by atoms with Gasteiger partial charge < -0.3 is 19.5 Å². The number of hydrogen-bond donors (Lipinski definition) is 1. The van der Waals surface area contributed by atoms with Crippen molar-refractivity contribution in [1.82, 2.24) is 4.98 Å². The highest BCUT2D eigenvalue weighted by molar-refractivity contribution is 7.09. The van der Waals surface area contributed by atoms with E-state index in [1.807, 2.05) is 4.90 Å².